The smallest absolute Gasteiger partial charge is 0.410 e. The van der Waals surface area contributed by atoms with Gasteiger partial charge in [-0.1, -0.05) is 13.8 Å². The molecule has 0 aromatic rings. The van der Waals surface area contributed by atoms with Gasteiger partial charge >= 0.3 is 6.09 Å². The van der Waals surface area contributed by atoms with E-state index < -0.39 is 5.60 Å². The van der Waals surface area contributed by atoms with Crippen LogP contribution in [0.4, 0.5) is 4.79 Å². The number of amides is 1. The molecule has 0 aliphatic heterocycles. The number of hydrogen-bond donors (Lipinski definition) is 2. The van der Waals surface area contributed by atoms with Crippen LogP contribution >= 0.6 is 24.0 Å². The van der Waals surface area contributed by atoms with Crippen LogP contribution in [0.2, 0.25) is 0 Å². The second kappa shape index (κ2) is 9.54. The Balaban J connectivity index is 0.00000484. The Morgan fingerprint density at radius 2 is 2.00 bits per heavy atom. The first-order valence-electron chi connectivity index (χ1n) is 8.03. The van der Waals surface area contributed by atoms with Crippen LogP contribution < -0.4 is 10.6 Å². The van der Waals surface area contributed by atoms with Gasteiger partial charge in [0.1, 0.15) is 5.60 Å². The molecule has 0 radical (unpaired) electrons. The molecule has 136 valence electrons. The van der Waals surface area contributed by atoms with E-state index in [1.165, 1.54) is 6.42 Å². The molecule has 0 aromatic heterocycles. The summed E-state index contributed by atoms with van der Waals surface area (Å²) in [7, 11) is 3.55. The number of nitrogens with zero attached hydrogens (tertiary/aromatic N) is 2. The maximum atomic E-state index is 11.9. The zero-order valence-corrected chi connectivity index (χ0v) is 17.8. The second-order valence-electron chi connectivity index (χ2n) is 7.38. The third kappa shape index (κ3) is 9.22. The van der Waals surface area contributed by atoms with E-state index in [-0.39, 0.29) is 30.1 Å². The number of hydrogen-bond acceptors (Lipinski definition) is 3. The van der Waals surface area contributed by atoms with Gasteiger partial charge in [-0.3, -0.25) is 4.99 Å². The van der Waals surface area contributed by atoms with Crippen LogP contribution in [-0.2, 0) is 4.74 Å². The first-order chi connectivity index (χ1) is 10.1. The van der Waals surface area contributed by atoms with Crippen molar-refractivity contribution in [3.63, 3.8) is 0 Å². The predicted octanol–water partition coefficient (Wildman–Crippen LogP) is 2.68. The number of ether oxygens (including phenoxy) is 1. The van der Waals surface area contributed by atoms with E-state index >= 15 is 0 Å². The molecule has 0 spiro atoms. The van der Waals surface area contributed by atoms with E-state index in [0.29, 0.717) is 18.5 Å². The summed E-state index contributed by atoms with van der Waals surface area (Å²) in [5, 5.41) is 6.70. The number of aliphatic imine (C=N–C) groups is 1. The highest BCUT2D eigenvalue weighted by Crippen LogP contribution is 2.28. The van der Waals surface area contributed by atoms with Crippen LogP contribution in [0.1, 0.15) is 41.0 Å². The molecule has 3 atom stereocenters. The van der Waals surface area contributed by atoms with Crippen molar-refractivity contribution in [2.24, 2.45) is 16.8 Å². The average molecular weight is 440 g/mol. The molecule has 7 heteroatoms. The maximum absolute atomic E-state index is 11.9. The number of carbonyl (C=O) groups excluding carboxylic acids is 1. The molecular weight excluding hydrogens is 407 g/mol. The maximum Gasteiger partial charge on any atom is 0.410 e. The van der Waals surface area contributed by atoms with Gasteiger partial charge in [0.25, 0.3) is 0 Å². The molecule has 0 heterocycles. The molecule has 1 aliphatic carbocycles. The molecule has 1 saturated carbocycles. The van der Waals surface area contributed by atoms with E-state index in [4.69, 9.17) is 4.74 Å². The molecule has 1 amide bonds. The first kappa shape index (κ1) is 22.3. The summed E-state index contributed by atoms with van der Waals surface area (Å²) in [5.74, 6) is 1.86. The first-order valence-corrected chi connectivity index (χ1v) is 8.03. The van der Waals surface area contributed by atoms with E-state index in [2.05, 4.69) is 29.5 Å². The Hall–Kier alpha value is -0.730. The van der Waals surface area contributed by atoms with Gasteiger partial charge in [0.2, 0.25) is 0 Å². The molecule has 1 rings (SSSR count). The van der Waals surface area contributed by atoms with E-state index in [1.54, 1.807) is 19.0 Å². The van der Waals surface area contributed by atoms with Crippen LogP contribution in [0.15, 0.2) is 4.99 Å². The van der Waals surface area contributed by atoms with Crippen LogP contribution in [-0.4, -0.2) is 55.8 Å². The molecule has 0 bridgehead atoms. The minimum absolute atomic E-state index is 0. The molecular formula is C16H33IN4O2. The van der Waals surface area contributed by atoms with Gasteiger partial charge in [-0.15, -0.1) is 24.0 Å². The van der Waals surface area contributed by atoms with Gasteiger partial charge in [-0.2, -0.15) is 0 Å². The SMILES string of the molecule is CN=C(NCC(C)CN(C)C(=O)OC(C)(C)C)NC1CC1C.I. The molecule has 6 nitrogen and oxygen atoms in total. The van der Waals surface area contributed by atoms with Crippen molar-refractivity contribution in [3.05, 3.63) is 0 Å². The highest BCUT2D eigenvalue weighted by Gasteiger charge is 2.33. The average Bonchev–Trinajstić information content (AvgIpc) is 3.07. The second-order valence-corrected chi connectivity index (χ2v) is 7.38. The zero-order valence-electron chi connectivity index (χ0n) is 15.5. The van der Waals surface area contributed by atoms with Crippen LogP contribution in [0.3, 0.4) is 0 Å². The fraction of sp³-hybridized carbons (Fsp3) is 0.875. The van der Waals surface area contributed by atoms with Gasteiger partial charge in [-0.25, -0.2) is 4.79 Å². The van der Waals surface area contributed by atoms with Crippen LogP contribution in [0, 0.1) is 11.8 Å². The summed E-state index contributed by atoms with van der Waals surface area (Å²) < 4.78 is 5.35. The minimum Gasteiger partial charge on any atom is -0.444 e. The van der Waals surface area contributed by atoms with E-state index in [1.807, 2.05) is 20.8 Å². The lowest BCUT2D eigenvalue weighted by Gasteiger charge is -2.26. The number of guanidine groups is 1. The van der Waals surface area contributed by atoms with Crippen molar-refractivity contribution in [1.29, 1.82) is 0 Å². The number of rotatable bonds is 5. The van der Waals surface area contributed by atoms with Crippen molar-refractivity contribution in [2.75, 3.05) is 27.2 Å². The largest absolute Gasteiger partial charge is 0.444 e. The fourth-order valence-electron chi connectivity index (χ4n) is 2.11. The summed E-state index contributed by atoms with van der Waals surface area (Å²) in [4.78, 5) is 17.8. The number of carbonyl (C=O) groups is 1. The van der Waals surface area contributed by atoms with Crippen molar-refractivity contribution in [3.8, 4) is 0 Å². The van der Waals surface area contributed by atoms with Gasteiger partial charge in [0.15, 0.2) is 5.96 Å². The van der Waals surface area contributed by atoms with Gasteiger partial charge < -0.3 is 20.3 Å². The molecule has 0 aromatic carbocycles. The Labute approximate surface area is 157 Å². The molecule has 0 saturated heterocycles. The van der Waals surface area contributed by atoms with Crippen molar-refractivity contribution in [2.45, 2.75) is 52.7 Å². The summed E-state index contributed by atoms with van der Waals surface area (Å²) in [6, 6.07) is 0.547. The summed E-state index contributed by atoms with van der Waals surface area (Å²) in [5.41, 5.74) is -0.459. The normalized spacial score (nSPS) is 21.8. The number of halogens is 1. The molecule has 1 fully saturated rings. The summed E-state index contributed by atoms with van der Waals surface area (Å²) in [6.45, 7) is 11.3. The Bertz CT molecular complexity index is 409. The summed E-state index contributed by atoms with van der Waals surface area (Å²) >= 11 is 0. The summed E-state index contributed by atoms with van der Waals surface area (Å²) in [6.07, 6.45) is 0.922. The predicted molar refractivity (Wildman–Crippen MR) is 106 cm³/mol. The van der Waals surface area contributed by atoms with Crippen LogP contribution in [0.25, 0.3) is 0 Å². The Morgan fingerprint density at radius 1 is 1.43 bits per heavy atom. The lowest BCUT2D eigenvalue weighted by Crippen LogP contribution is -2.43. The van der Waals surface area contributed by atoms with Gasteiger partial charge in [-0.05, 0) is 39.0 Å². The zero-order chi connectivity index (χ0) is 16.9. The van der Waals surface area contributed by atoms with Crippen molar-refractivity contribution < 1.29 is 9.53 Å². The highest BCUT2D eigenvalue weighted by atomic mass is 127. The third-order valence-corrected chi connectivity index (χ3v) is 3.56. The molecule has 2 N–H and O–H groups in total. The monoisotopic (exact) mass is 440 g/mol. The lowest BCUT2D eigenvalue weighted by atomic mass is 10.1. The fourth-order valence-corrected chi connectivity index (χ4v) is 2.11. The van der Waals surface area contributed by atoms with Crippen LogP contribution in [0.5, 0.6) is 0 Å². The van der Waals surface area contributed by atoms with E-state index in [9.17, 15) is 4.79 Å². The van der Waals surface area contributed by atoms with Crippen molar-refractivity contribution in [1.82, 2.24) is 15.5 Å². The molecule has 23 heavy (non-hydrogen) atoms. The molecule has 3 unspecified atom stereocenters. The molecule has 1 aliphatic rings. The van der Waals surface area contributed by atoms with Gasteiger partial charge in [0.05, 0.1) is 0 Å². The van der Waals surface area contributed by atoms with Crippen molar-refractivity contribution >= 4 is 36.0 Å². The van der Waals surface area contributed by atoms with Gasteiger partial charge in [0, 0.05) is 33.2 Å². The highest BCUT2D eigenvalue weighted by molar-refractivity contribution is 14.0. The lowest BCUT2D eigenvalue weighted by molar-refractivity contribution is 0.0278. The standard InChI is InChI=1S/C16H32N4O2.HI/c1-11(10-20(7)15(21)22-16(3,4)5)9-18-14(17-6)19-13-8-12(13)2;/h11-13H,8-10H2,1-7H3,(H2,17,18,19);1H. The Kier molecular flexibility index (Phi) is 9.24. The third-order valence-electron chi connectivity index (χ3n) is 3.56. The van der Waals surface area contributed by atoms with E-state index in [0.717, 1.165) is 18.4 Å². The Morgan fingerprint density at radius 3 is 2.43 bits per heavy atom. The quantitative estimate of drug-likeness (QED) is 0.392. The number of nitrogens with one attached hydrogen (secondary N) is 2. The minimum atomic E-state index is -0.459. The topological polar surface area (TPSA) is 66.0 Å².